The minimum atomic E-state index is -0.490. The van der Waals surface area contributed by atoms with E-state index in [1.165, 1.54) is 22.8 Å². The molecule has 2 aromatic heterocycles. The van der Waals surface area contributed by atoms with Gasteiger partial charge in [-0.15, -0.1) is 14.8 Å². The Kier molecular flexibility index (Phi) is 2.95. The van der Waals surface area contributed by atoms with Gasteiger partial charge in [-0.3, -0.25) is 0 Å². The van der Waals surface area contributed by atoms with Crippen LogP contribution in [0.4, 0.5) is 14.6 Å². The lowest BCUT2D eigenvalue weighted by atomic mass is 9.97. The van der Waals surface area contributed by atoms with E-state index in [-0.39, 0.29) is 11.5 Å². The van der Waals surface area contributed by atoms with Crippen LogP contribution in [-0.4, -0.2) is 38.3 Å². The molecule has 4 rings (SSSR count). The molecule has 8 heteroatoms. The van der Waals surface area contributed by atoms with Gasteiger partial charge in [0.2, 0.25) is 0 Å². The summed E-state index contributed by atoms with van der Waals surface area (Å²) in [6.07, 6.45) is 0.674. The van der Waals surface area contributed by atoms with E-state index in [0.717, 1.165) is 0 Å². The molecule has 1 unspecified atom stereocenters. The van der Waals surface area contributed by atoms with Crippen LogP contribution in [0.25, 0.3) is 5.65 Å². The molecular formula is C14H12F2N6. The summed E-state index contributed by atoms with van der Waals surface area (Å²) in [5, 5.41) is 15.4. The Morgan fingerprint density at radius 2 is 1.91 bits per heavy atom. The Morgan fingerprint density at radius 3 is 2.73 bits per heavy atom. The highest BCUT2D eigenvalue weighted by Crippen LogP contribution is 2.32. The van der Waals surface area contributed by atoms with E-state index < -0.39 is 11.6 Å². The summed E-state index contributed by atoms with van der Waals surface area (Å²) in [5.41, 5.74) is 0.716. The molecule has 0 bridgehead atoms. The van der Waals surface area contributed by atoms with Crippen molar-refractivity contribution >= 4 is 11.5 Å². The molecule has 0 N–H and O–H groups in total. The van der Waals surface area contributed by atoms with Gasteiger partial charge in [0.05, 0.1) is 0 Å². The fraction of sp³-hybridized carbons (Fsp3) is 0.286. The predicted molar refractivity (Wildman–Crippen MR) is 74.5 cm³/mol. The Labute approximate surface area is 124 Å². The van der Waals surface area contributed by atoms with Crippen LogP contribution in [0, 0.1) is 11.6 Å². The number of tetrazole rings is 1. The second-order valence-corrected chi connectivity index (χ2v) is 5.29. The molecule has 0 spiro atoms. The molecule has 1 aliphatic rings. The molecule has 1 saturated heterocycles. The van der Waals surface area contributed by atoms with E-state index in [4.69, 9.17) is 0 Å². The van der Waals surface area contributed by atoms with Crippen molar-refractivity contribution in [3.8, 4) is 0 Å². The van der Waals surface area contributed by atoms with Crippen LogP contribution in [0.15, 0.2) is 30.3 Å². The van der Waals surface area contributed by atoms with E-state index >= 15 is 0 Å². The van der Waals surface area contributed by atoms with E-state index in [0.29, 0.717) is 31.0 Å². The van der Waals surface area contributed by atoms with Gasteiger partial charge in [-0.05, 0) is 41.1 Å². The van der Waals surface area contributed by atoms with Gasteiger partial charge in [-0.1, -0.05) is 6.07 Å². The lowest BCUT2D eigenvalue weighted by molar-refractivity contribution is 0.533. The number of fused-ring (bicyclic) bond motifs is 1. The van der Waals surface area contributed by atoms with Gasteiger partial charge in [0.15, 0.2) is 11.5 Å². The number of aromatic nitrogens is 5. The van der Waals surface area contributed by atoms with Gasteiger partial charge in [0.1, 0.15) is 11.6 Å². The second-order valence-electron chi connectivity index (χ2n) is 5.29. The summed E-state index contributed by atoms with van der Waals surface area (Å²) in [6.45, 7) is 1.19. The fourth-order valence-corrected chi connectivity index (χ4v) is 2.91. The fourth-order valence-electron chi connectivity index (χ4n) is 2.91. The highest BCUT2D eigenvalue weighted by Gasteiger charge is 2.29. The molecule has 1 atom stereocenters. The maximum atomic E-state index is 13.9. The summed E-state index contributed by atoms with van der Waals surface area (Å²) in [5.74, 6) is -0.474. The normalized spacial score (nSPS) is 18.3. The summed E-state index contributed by atoms with van der Waals surface area (Å²) >= 11 is 0. The average Bonchev–Trinajstić information content (AvgIpc) is 3.15. The van der Waals surface area contributed by atoms with Crippen molar-refractivity contribution in [3.63, 3.8) is 0 Å². The van der Waals surface area contributed by atoms with E-state index in [1.807, 2.05) is 11.0 Å². The highest BCUT2D eigenvalue weighted by molar-refractivity contribution is 5.46. The van der Waals surface area contributed by atoms with Crippen molar-refractivity contribution in [3.05, 3.63) is 47.5 Å². The van der Waals surface area contributed by atoms with Crippen molar-refractivity contribution in [2.75, 3.05) is 18.0 Å². The molecule has 0 radical (unpaired) electrons. The van der Waals surface area contributed by atoms with Crippen LogP contribution in [-0.2, 0) is 0 Å². The van der Waals surface area contributed by atoms with Crippen LogP contribution >= 0.6 is 0 Å². The SMILES string of the molecule is Fc1cccc(F)c1C1CCN(c2ccc3nnnn3n2)C1. The smallest absolute Gasteiger partial charge is 0.200 e. The minimum absolute atomic E-state index is 0.161. The average molecular weight is 302 g/mol. The molecule has 22 heavy (non-hydrogen) atoms. The number of benzene rings is 1. The second kappa shape index (κ2) is 4.97. The molecule has 3 aromatic rings. The summed E-state index contributed by atoms with van der Waals surface area (Å²) in [6, 6.07) is 7.55. The van der Waals surface area contributed by atoms with Crippen molar-refractivity contribution in [2.45, 2.75) is 12.3 Å². The summed E-state index contributed by atoms with van der Waals surface area (Å²) in [4.78, 5) is 1.98. The number of nitrogens with zero attached hydrogens (tertiary/aromatic N) is 6. The maximum Gasteiger partial charge on any atom is 0.200 e. The van der Waals surface area contributed by atoms with Crippen molar-refractivity contribution in [1.82, 2.24) is 25.3 Å². The molecule has 6 nitrogen and oxygen atoms in total. The van der Waals surface area contributed by atoms with Gasteiger partial charge >= 0.3 is 0 Å². The summed E-state index contributed by atoms with van der Waals surface area (Å²) in [7, 11) is 0. The highest BCUT2D eigenvalue weighted by atomic mass is 19.1. The van der Waals surface area contributed by atoms with E-state index in [1.54, 1.807) is 6.07 Å². The first-order chi connectivity index (χ1) is 10.7. The van der Waals surface area contributed by atoms with Crippen molar-refractivity contribution < 1.29 is 8.78 Å². The predicted octanol–water partition coefficient (Wildman–Crippen LogP) is 1.79. The Hall–Kier alpha value is -2.64. The molecule has 0 amide bonds. The molecule has 0 aliphatic carbocycles. The van der Waals surface area contributed by atoms with Gasteiger partial charge in [-0.25, -0.2) is 8.78 Å². The van der Waals surface area contributed by atoms with Crippen molar-refractivity contribution in [2.24, 2.45) is 0 Å². The molecule has 112 valence electrons. The molecule has 0 saturated carbocycles. The monoisotopic (exact) mass is 302 g/mol. The third kappa shape index (κ3) is 2.07. The van der Waals surface area contributed by atoms with Gasteiger partial charge in [-0.2, -0.15) is 0 Å². The van der Waals surface area contributed by atoms with Gasteiger partial charge in [0, 0.05) is 24.6 Å². The van der Waals surface area contributed by atoms with Crippen LogP contribution in [0.3, 0.4) is 0 Å². The number of anilines is 1. The number of rotatable bonds is 2. The first kappa shape index (κ1) is 13.1. The first-order valence-corrected chi connectivity index (χ1v) is 6.96. The van der Waals surface area contributed by atoms with E-state index in [2.05, 4.69) is 20.6 Å². The quantitative estimate of drug-likeness (QED) is 0.722. The zero-order chi connectivity index (χ0) is 15.1. The molecule has 1 fully saturated rings. The Morgan fingerprint density at radius 1 is 1.09 bits per heavy atom. The maximum absolute atomic E-state index is 13.9. The van der Waals surface area contributed by atoms with E-state index in [9.17, 15) is 8.78 Å². The molecule has 3 heterocycles. The van der Waals surface area contributed by atoms with Gasteiger partial charge < -0.3 is 4.90 Å². The number of hydrogen-bond acceptors (Lipinski definition) is 5. The van der Waals surface area contributed by atoms with Crippen LogP contribution in [0.5, 0.6) is 0 Å². The van der Waals surface area contributed by atoms with Crippen LogP contribution < -0.4 is 4.90 Å². The van der Waals surface area contributed by atoms with Crippen LogP contribution in [0.2, 0.25) is 0 Å². The number of hydrogen-bond donors (Lipinski definition) is 0. The summed E-state index contributed by atoms with van der Waals surface area (Å²) < 4.78 is 29.1. The largest absolute Gasteiger partial charge is 0.354 e. The number of halogens is 2. The zero-order valence-corrected chi connectivity index (χ0v) is 11.5. The van der Waals surface area contributed by atoms with Crippen LogP contribution in [0.1, 0.15) is 17.9 Å². The lowest BCUT2D eigenvalue weighted by Gasteiger charge is -2.17. The molecular weight excluding hydrogens is 290 g/mol. The third-order valence-electron chi connectivity index (χ3n) is 3.98. The lowest BCUT2D eigenvalue weighted by Crippen LogP contribution is -2.21. The minimum Gasteiger partial charge on any atom is -0.354 e. The first-order valence-electron chi connectivity index (χ1n) is 6.96. The topological polar surface area (TPSA) is 59.2 Å². The van der Waals surface area contributed by atoms with Gasteiger partial charge in [0.25, 0.3) is 0 Å². The standard InChI is InChI=1S/C14H12F2N6/c15-10-2-1-3-11(16)14(10)9-6-7-21(8-9)13-5-4-12-17-19-20-22(12)18-13/h1-5,9H,6-8H2. The van der Waals surface area contributed by atoms with Crippen molar-refractivity contribution in [1.29, 1.82) is 0 Å². The molecule has 1 aromatic carbocycles. The zero-order valence-electron chi connectivity index (χ0n) is 11.5. The Bertz CT molecular complexity index is 813. The third-order valence-corrected chi connectivity index (χ3v) is 3.98. The Balaban J connectivity index is 1.62. The molecule has 1 aliphatic heterocycles.